The molecule has 21 heavy (non-hydrogen) atoms. The van der Waals surface area contributed by atoms with Gasteiger partial charge in [-0.2, -0.15) is 0 Å². The first kappa shape index (κ1) is 16.0. The van der Waals surface area contributed by atoms with Crippen LogP contribution in [-0.4, -0.2) is 32.2 Å². The molecule has 0 radical (unpaired) electrons. The number of nitrogens with one attached hydrogen (secondary N) is 1. The summed E-state index contributed by atoms with van der Waals surface area (Å²) in [6, 6.07) is 0.182. The number of aliphatic carboxylic acids is 1. The van der Waals surface area contributed by atoms with E-state index in [1.54, 1.807) is 0 Å². The van der Waals surface area contributed by atoms with Crippen molar-refractivity contribution in [3.05, 3.63) is 18.2 Å². The lowest BCUT2D eigenvalue weighted by atomic mass is 9.84. The van der Waals surface area contributed by atoms with Crippen molar-refractivity contribution in [1.82, 2.24) is 14.9 Å². The van der Waals surface area contributed by atoms with Crippen LogP contribution >= 0.6 is 0 Å². The number of carbonyl (C=O) groups is 1. The Bertz CT molecular complexity index is 484. The second-order valence-corrected chi connectivity index (χ2v) is 6.34. The maximum absolute atomic E-state index is 11.9. The molecule has 0 saturated heterocycles. The second-order valence-electron chi connectivity index (χ2n) is 6.34. The first-order chi connectivity index (χ1) is 9.99. The van der Waals surface area contributed by atoms with Crippen LogP contribution in [-0.2, 0) is 17.8 Å². The highest BCUT2D eigenvalue weighted by Gasteiger charge is 2.48. The zero-order chi connectivity index (χ0) is 15.5. The maximum atomic E-state index is 11.9. The molecule has 2 atom stereocenters. The summed E-state index contributed by atoms with van der Waals surface area (Å²) >= 11 is 0. The van der Waals surface area contributed by atoms with Crippen molar-refractivity contribution in [1.29, 1.82) is 0 Å². The molecule has 0 bridgehead atoms. The standard InChI is InChI=1S/C16H27N3O2/c1-4-14-17-9-11-19(14)10-7-13-6-5-8-16(13,15(20)21)18-12(2)3/h9,11-13,18H,4-8,10H2,1-3H3,(H,20,21). The Morgan fingerprint density at radius 1 is 1.62 bits per heavy atom. The van der Waals surface area contributed by atoms with Gasteiger partial charge in [-0.05, 0) is 39.0 Å². The molecule has 118 valence electrons. The minimum atomic E-state index is -0.749. The first-order valence-electron chi connectivity index (χ1n) is 8.00. The zero-order valence-electron chi connectivity index (χ0n) is 13.3. The quantitative estimate of drug-likeness (QED) is 0.810. The Labute approximate surface area is 126 Å². The van der Waals surface area contributed by atoms with Gasteiger partial charge >= 0.3 is 5.97 Å². The van der Waals surface area contributed by atoms with Crippen LogP contribution in [0.2, 0.25) is 0 Å². The van der Waals surface area contributed by atoms with Gasteiger partial charge < -0.3 is 9.67 Å². The molecule has 5 heteroatoms. The average Bonchev–Trinajstić information content (AvgIpc) is 3.02. The Hall–Kier alpha value is -1.36. The Morgan fingerprint density at radius 3 is 3.00 bits per heavy atom. The van der Waals surface area contributed by atoms with Crippen LogP contribution in [0.3, 0.4) is 0 Å². The third kappa shape index (κ3) is 3.28. The predicted octanol–water partition coefficient (Wildman–Crippen LogP) is 2.46. The minimum Gasteiger partial charge on any atom is -0.480 e. The number of hydrogen-bond acceptors (Lipinski definition) is 3. The third-order valence-corrected chi connectivity index (χ3v) is 4.58. The Morgan fingerprint density at radius 2 is 2.38 bits per heavy atom. The lowest BCUT2D eigenvalue weighted by molar-refractivity contribution is -0.147. The normalized spacial score (nSPS) is 25.6. The van der Waals surface area contributed by atoms with Crippen LogP contribution in [0.15, 0.2) is 12.4 Å². The van der Waals surface area contributed by atoms with Crippen molar-refractivity contribution >= 4 is 5.97 Å². The molecule has 1 aromatic heterocycles. The van der Waals surface area contributed by atoms with Gasteiger partial charge in [0.2, 0.25) is 0 Å². The molecule has 2 N–H and O–H groups in total. The minimum absolute atomic E-state index is 0.182. The van der Waals surface area contributed by atoms with Crippen molar-refractivity contribution in [2.75, 3.05) is 0 Å². The van der Waals surface area contributed by atoms with Crippen molar-refractivity contribution < 1.29 is 9.90 Å². The molecule has 5 nitrogen and oxygen atoms in total. The van der Waals surface area contributed by atoms with Crippen LogP contribution in [0.25, 0.3) is 0 Å². The van der Waals surface area contributed by atoms with Crippen LogP contribution < -0.4 is 5.32 Å². The van der Waals surface area contributed by atoms with Gasteiger partial charge in [0.15, 0.2) is 0 Å². The van der Waals surface area contributed by atoms with Gasteiger partial charge in [0.05, 0.1) is 0 Å². The van der Waals surface area contributed by atoms with E-state index in [2.05, 4.69) is 21.8 Å². The predicted molar refractivity (Wildman–Crippen MR) is 82.2 cm³/mol. The lowest BCUT2D eigenvalue weighted by Gasteiger charge is -2.34. The molecule has 2 unspecified atom stereocenters. The van der Waals surface area contributed by atoms with Gasteiger partial charge in [0, 0.05) is 31.4 Å². The van der Waals surface area contributed by atoms with E-state index in [1.807, 2.05) is 26.2 Å². The van der Waals surface area contributed by atoms with Crippen LogP contribution in [0, 0.1) is 5.92 Å². The summed E-state index contributed by atoms with van der Waals surface area (Å²) < 4.78 is 2.15. The van der Waals surface area contributed by atoms with E-state index < -0.39 is 11.5 Å². The molecule has 1 aliphatic carbocycles. The monoisotopic (exact) mass is 293 g/mol. The van der Waals surface area contributed by atoms with Gasteiger partial charge in [-0.15, -0.1) is 0 Å². The molecular weight excluding hydrogens is 266 g/mol. The summed E-state index contributed by atoms with van der Waals surface area (Å²) in [5, 5.41) is 13.1. The highest BCUT2D eigenvalue weighted by molar-refractivity contribution is 5.79. The molecule has 1 fully saturated rings. The van der Waals surface area contributed by atoms with Gasteiger partial charge in [0.1, 0.15) is 11.4 Å². The van der Waals surface area contributed by atoms with Crippen molar-refractivity contribution in [2.45, 2.75) is 71.0 Å². The fourth-order valence-corrected chi connectivity index (χ4v) is 3.67. The number of nitrogens with zero attached hydrogens (tertiary/aromatic N) is 2. The first-order valence-corrected chi connectivity index (χ1v) is 8.00. The Kier molecular flexibility index (Phi) is 5.04. The van der Waals surface area contributed by atoms with Crippen molar-refractivity contribution in [2.24, 2.45) is 5.92 Å². The van der Waals surface area contributed by atoms with Crippen molar-refractivity contribution in [3.8, 4) is 0 Å². The number of carboxylic acids is 1. The summed E-state index contributed by atoms with van der Waals surface area (Å²) in [7, 11) is 0. The van der Waals surface area contributed by atoms with E-state index >= 15 is 0 Å². The number of carboxylic acid groups (broad SMARTS) is 1. The van der Waals surface area contributed by atoms with Crippen molar-refractivity contribution in [3.63, 3.8) is 0 Å². The fraction of sp³-hybridized carbons (Fsp3) is 0.750. The van der Waals surface area contributed by atoms with Gasteiger partial charge in [0.25, 0.3) is 0 Å². The molecule has 1 saturated carbocycles. The van der Waals surface area contributed by atoms with E-state index in [4.69, 9.17) is 0 Å². The highest BCUT2D eigenvalue weighted by atomic mass is 16.4. The average molecular weight is 293 g/mol. The number of aromatic nitrogens is 2. The largest absolute Gasteiger partial charge is 0.480 e. The number of imidazole rings is 1. The molecule has 2 rings (SSSR count). The zero-order valence-corrected chi connectivity index (χ0v) is 13.3. The molecule has 0 spiro atoms. The second kappa shape index (κ2) is 6.60. The smallest absolute Gasteiger partial charge is 0.324 e. The van der Waals surface area contributed by atoms with Gasteiger partial charge in [-0.25, -0.2) is 4.98 Å². The van der Waals surface area contributed by atoms with Crippen LogP contribution in [0.5, 0.6) is 0 Å². The van der Waals surface area contributed by atoms with E-state index in [-0.39, 0.29) is 12.0 Å². The maximum Gasteiger partial charge on any atom is 0.324 e. The Balaban J connectivity index is 2.08. The summed E-state index contributed by atoms with van der Waals surface area (Å²) in [6.45, 7) is 6.98. The van der Waals surface area contributed by atoms with E-state index in [9.17, 15) is 9.90 Å². The van der Waals surface area contributed by atoms with E-state index in [0.29, 0.717) is 0 Å². The molecular formula is C16H27N3O2. The molecule has 1 aromatic rings. The lowest BCUT2D eigenvalue weighted by Crippen LogP contribution is -2.57. The summed E-state index contributed by atoms with van der Waals surface area (Å²) in [4.78, 5) is 16.2. The number of aryl methyl sites for hydroxylation is 2. The molecule has 1 heterocycles. The summed E-state index contributed by atoms with van der Waals surface area (Å²) in [5.41, 5.74) is -0.749. The SMILES string of the molecule is CCc1nccn1CCC1CCCC1(NC(C)C)C(=O)O. The number of rotatable bonds is 7. The number of hydrogen-bond donors (Lipinski definition) is 2. The van der Waals surface area contributed by atoms with Crippen LogP contribution in [0.1, 0.15) is 52.3 Å². The molecule has 0 aromatic carbocycles. The summed E-state index contributed by atoms with van der Waals surface area (Å²) in [6.07, 6.45) is 8.32. The third-order valence-electron chi connectivity index (χ3n) is 4.58. The molecule has 1 aliphatic rings. The van der Waals surface area contributed by atoms with Gasteiger partial charge in [-0.3, -0.25) is 10.1 Å². The summed E-state index contributed by atoms with van der Waals surface area (Å²) in [5.74, 6) is 0.565. The van der Waals surface area contributed by atoms with Crippen LogP contribution in [0.4, 0.5) is 0 Å². The van der Waals surface area contributed by atoms with E-state index in [0.717, 1.165) is 44.5 Å². The molecule has 0 aliphatic heterocycles. The van der Waals surface area contributed by atoms with E-state index in [1.165, 1.54) is 0 Å². The fourth-order valence-electron chi connectivity index (χ4n) is 3.67. The highest BCUT2D eigenvalue weighted by Crippen LogP contribution is 2.39. The van der Waals surface area contributed by atoms with Gasteiger partial charge in [-0.1, -0.05) is 13.3 Å². The topological polar surface area (TPSA) is 67.2 Å². The molecule has 0 amide bonds.